The Labute approximate surface area is 161 Å². The summed E-state index contributed by atoms with van der Waals surface area (Å²) in [6.07, 6.45) is 13.4. The first-order valence-electron chi connectivity index (χ1n) is 10.8. The molecular formula is C22H43NO3. The molecule has 0 spiro atoms. The van der Waals surface area contributed by atoms with Gasteiger partial charge in [0.25, 0.3) is 0 Å². The molecule has 0 amide bonds. The fourth-order valence-electron chi connectivity index (χ4n) is 3.66. The van der Waals surface area contributed by atoms with Gasteiger partial charge in [0.2, 0.25) is 0 Å². The van der Waals surface area contributed by atoms with E-state index in [1.54, 1.807) is 6.92 Å². The minimum absolute atomic E-state index is 0.416. The monoisotopic (exact) mass is 369 g/mol. The van der Waals surface area contributed by atoms with E-state index in [2.05, 4.69) is 32.9 Å². The zero-order valence-electron chi connectivity index (χ0n) is 17.7. The number of aliphatic hydroxyl groups excluding tert-OH is 1. The van der Waals surface area contributed by atoms with Gasteiger partial charge in [-0.05, 0) is 38.5 Å². The van der Waals surface area contributed by atoms with E-state index in [0.717, 1.165) is 64.5 Å². The van der Waals surface area contributed by atoms with Crippen molar-refractivity contribution in [1.29, 1.82) is 0 Å². The van der Waals surface area contributed by atoms with E-state index in [1.807, 2.05) is 0 Å². The maximum atomic E-state index is 11.4. The highest BCUT2D eigenvalue weighted by molar-refractivity contribution is 5.67. The second-order valence-electron chi connectivity index (χ2n) is 7.94. The Morgan fingerprint density at radius 2 is 1.54 bits per heavy atom. The lowest BCUT2D eigenvalue weighted by molar-refractivity contribution is -0.933. The second kappa shape index (κ2) is 15.2. The van der Waals surface area contributed by atoms with Gasteiger partial charge >= 0.3 is 0 Å². The van der Waals surface area contributed by atoms with Crippen molar-refractivity contribution in [3.63, 3.8) is 0 Å². The van der Waals surface area contributed by atoms with Crippen LogP contribution in [-0.4, -0.2) is 47.8 Å². The highest BCUT2D eigenvalue weighted by atomic mass is 16.4. The van der Waals surface area contributed by atoms with Crippen molar-refractivity contribution in [3.05, 3.63) is 12.2 Å². The smallest absolute Gasteiger partial charge is 0.106 e. The number of rotatable bonds is 17. The van der Waals surface area contributed by atoms with Crippen LogP contribution in [-0.2, 0) is 4.79 Å². The molecule has 0 bridgehead atoms. The molecule has 2 atom stereocenters. The number of nitrogens with zero attached hydrogens (tertiary/aromatic N) is 1. The molecule has 4 nitrogen and oxygen atoms in total. The van der Waals surface area contributed by atoms with Crippen molar-refractivity contribution in [2.45, 2.75) is 91.6 Å². The van der Waals surface area contributed by atoms with Gasteiger partial charge in [0, 0.05) is 11.9 Å². The number of hydrogen-bond acceptors (Lipinski definition) is 3. The van der Waals surface area contributed by atoms with Crippen LogP contribution in [0, 0.1) is 5.92 Å². The molecule has 0 heterocycles. The normalized spacial score (nSPS) is 14.7. The van der Waals surface area contributed by atoms with E-state index in [-0.39, 0.29) is 0 Å². The molecule has 1 N–H and O–H groups in total. The van der Waals surface area contributed by atoms with Crippen molar-refractivity contribution in [1.82, 2.24) is 0 Å². The summed E-state index contributed by atoms with van der Waals surface area (Å²) in [7, 11) is 0. The van der Waals surface area contributed by atoms with Crippen LogP contribution in [0.1, 0.15) is 85.5 Å². The van der Waals surface area contributed by atoms with Crippen molar-refractivity contribution in [2.75, 3.05) is 26.2 Å². The third-order valence-corrected chi connectivity index (χ3v) is 5.16. The number of hydrogen-bond donors (Lipinski definition) is 1. The standard InChI is InChI=1S/C22H43NO3/c1-5-8-11-12-15-21(24)19-23(16-13-9-6-2,17-14-10-7-3)18-20(4)22(25)26/h11-12,20-21,24H,5-10,13-19H2,1-4H3/b12-11+. The van der Waals surface area contributed by atoms with E-state index in [1.165, 1.54) is 0 Å². The van der Waals surface area contributed by atoms with Gasteiger partial charge in [0.15, 0.2) is 0 Å². The Hall–Kier alpha value is -0.870. The Kier molecular flexibility index (Phi) is 14.7. The van der Waals surface area contributed by atoms with Gasteiger partial charge in [0.1, 0.15) is 12.6 Å². The number of aliphatic hydroxyl groups is 1. The molecule has 26 heavy (non-hydrogen) atoms. The highest BCUT2D eigenvalue weighted by Crippen LogP contribution is 2.19. The van der Waals surface area contributed by atoms with Gasteiger partial charge < -0.3 is 19.5 Å². The fraction of sp³-hybridized carbons (Fsp3) is 0.864. The fourth-order valence-corrected chi connectivity index (χ4v) is 3.66. The minimum Gasteiger partial charge on any atom is -0.550 e. The first-order valence-corrected chi connectivity index (χ1v) is 10.8. The van der Waals surface area contributed by atoms with Crippen LogP contribution in [0.5, 0.6) is 0 Å². The first kappa shape index (κ1) is 25.1. The van der Waals surface area contributed by atoms with E-state index in [4.69, 9.17) is 0 Å². The average Bonchev–Trinajstić information content (AvgIpc) is 2.59. The summed E-state index contributed by atoms with van der Waals surface area (Å²) in [6, 6.07) is 0. The Balaban J connectivity index is 5.13. The maximum absolute atomic E-state index is 11.4. The van der Waals surface area contributed by atoms with E-state index in [9.17, 15) is 15.0 Å². The molecule has 0 aromatic rings. The minimum atomic E-state index is -0.976. The lowest BCUT2D eigenvalue weighted by Gasteiger charge is -2.42. The quantitative estimate of drug-likeness (QED) is 0.242. The number of carbonyl (C=O) groups excluding carboxylic acids is 1. The lowest BCUT2D eigenvalue weighted by Crippen LogP contribution is -2.57. The molecule has 0 aliphatic heterocycles. The van der Waals surface area contributed by atoms with Crippen LogP contribution < -0.4 is 5.11 Å². The average molecular weight is 370 g/mol. The van der Waals surface area contributed by atoms with Crippen LogP contribution in [0.25, 0.3) is 0 Å². The molecule has 0 aliphatic carbocycles. The Bertz CT molecular complexity index is 372. The van der Waals surface area contributed by atoms with Crippen LogP contribution in [0.4, 0.5) is 0 Å². The number of quaternary nitrogens is 1. The molecule has 0 saturated heterocycles. The summed E-state index contributed by atoms with van der Waals surface area (Å²) in [6.45, 7) is 11.4. The third kappa shape index (κ3) is 11.7. The number of unbranched alkanes of at least 4 members (excludes halogenated alkanes) is 5. The molecule has 0 rings (SSSR count). The van der Waals surface area contributed by atoms with Gasteiger partial charge in [0.05, 0.1) is 19.6 Å². The molecule has 0 radical (unpaired) electrons. The number of aliphatic carboxylic acids is 1. The van der Waals surface area contributed by atoms with Crippen molar-refractivity contribution >= 4 is 5.97 Å². The summed E-state index contributed by atoms with van der Waals surface area (Å²) in [5, 5.41) is 22.0. The van der Waals surface area contributed by atoms with Crippen LogP contribution in [0.3, 0.4) is 0 Å². The molecule has 154 valence electrons. The van der Waals surface area contributed by atoms with Crippen molar-refractivity contribution in [2.24, 2.45) is 5.92 Å². The van der Waals surface area contributed by atoms with Crippen molar-refractivity contribution < 1.29 is 19.5 Å². The Morgan fingerprint density at radius 3 is 2.00 bits per heavy atom. The van der Waals surface area contributed by atoms with Gasteiger partial charge in [-0.1, -0.05) is 59.1 Å². The molecule has 0 aromatic heterocycles. The van der Waals surface area contributed by atoms with Gasteiger partial charge in [-0.15, -0.1) is 0 Å². The van der Waals surface area contributed by atoms with E-state index < -0.39 is 18.0 Å². The predicted molar refractivity (Wildman–Crippen MR) is 108 cm³/mol. The second-order valence-corrected chi connectivity index (χ2v) is 7.94. The van der Waals surface area contributed by atoms with Gasteiger partial charge in [-0.3, -0.25) is 0 Å². The molecule has 4 heteroatoms. The topological polar surface area (TPSA) is 60.4 Å². The maximum Gasteiger partial charge on any atom is 0.106 e. The molecular weight excluding hydrogens is 326 g/mol. The summed E-state index contributed by atoms with van der Waals surface area (Å²) in [5.74, 6) is -1.46. The molecule has 0 aromatic carbocycles. The van der Waals surface area contributed by atoms with E-state index in [0.29, 0.717) is 24.0 Å². The number of allylic oxidation sites excluding steroid dienone is 1. The lowest BCUT2D eigenvalue weighted by atomic mass is 10.0. The summed E-state index contributed by atoms with van der Waals surface area (Å²) in [5.41, 5.74) is 0. The summed E-state index contributed by atoms with van der Waals surface area (Å²) >= 11 is 0. The third-order valence-electron chi connectivity index (χ3n) is 5.16. The largest absolute Gasteiger partial charge is 0.550 e. The van der Waals surface area contributed by atoms with E-state index >= 15 is 0 Å². The zero-order valence-corrected chi connectivity index (χ0v) is 17.7. The molecule has 0 fully saturated rings. The Morgan fingerprint density at radius 1 is 0.962 bits per heavy atom. The molecule has 2 unspecified atom stereocenters. The first-order chi connectivity index (χ1) is 12.4. The van der Waals surface area contributed by atoms with Crippen molar-refractivity contribution in [3.8, 4) is 0 Å². The number of carboxylic acid groups (broad SMARTS) is 1. The highest BCUT2D eigenvalue weighted by Gasteiger charge is 2.31. The zero-order chi connectivity index (χ0) is 19.8. The molecule has 0 saturated carbocycles. The molecule has 0 aliphatic rings. The van der Waals surface area contributed by atoms with Crippen LogP contribution in [0.2, 0.25) is 0 Å². The number of carbonyl (C=O) groups is 1. The summed E-state index contributed by atoms with van der Waals surface area (Å²) < 4.78 is 0.706. The van der Waals surface area contributed by atoms with Crippen LogP contribution in [0.15, 0.2) is 12.2 Å². The van der Waals surface area contributed by atoms with Gasteiger partial charge in [-0.25, -0.2) is 0 Å². The summed E-state index contributed by atoms with van der Waals surface area (Å²) in [4.78, 5) is 11.4. The number of carboxylic acids is 1. The SMILES string of the molecule is CCC/C=C/CC(O)C[N+](CCCCC)(CCCCC)CC(C)C(=O)[O-]. The van der Waals surface area contributed by atoms with Crippen LogP contribution >= 0.6 is 0 Å². The van der Waals surface area contributed by atoms with Gasteiger partial charge in [-0.2, -0.15) is 0 Å². The predicted octanol–water partition coefficient (Wildman–Crippen LogP) is 3.68.